The zero-order valence-electron chi connectivity index (χ0n) is 17.1. The van der Waals surface area contributed by atoms with E-state index in [0.29, 0.717) is 5.82 Å². The van der Waals surface area contributed by atoms with Gasteiger partial charge in [-0.2, -0.15) is 0 Å². The summed E-state index contributed by atoms with van der Waals surface area (Å²) < 4.78 is 5.68. The number of esters is 1. The van der Waals surface area contributed by atoms with E-state index in [-0.39, 0.29) is 17.8 Å². The third-order valence-electron chi connectivity index (χ3n) is 4.19. The number of amides is 1. The first-order valence-electron chi connectivity index (χ1n) is 9.48. The zero-order valence-corrected chi connectivity index (χ0v) is 18.7. The molecule has 1 atom stereocenters. The fraction of sp³-hybridized carbons (Fsp3) is 0.450. The maximum atomic E-state index is 11.8. The highest BCUT2D eigenvalue weighted by atomic mass is 79.9. The average molecular weight is 464 g/mol. The highest BCUT2D eigenvalue weighted by molar-refractivity contribution is 9.10. The monoisotopic (exact) mass is 463 g/mol. The van der Waals surface area contributed by atoms with Crippen molar-refractivity contribution in [1.29, 1.82) is 0 Å². The molecule has 0 spiro atoms. The van der Waals surface area contributed by atoms with Gasteiger partial charge in [-0.15, -0.1) is 0 Å². The first-order chi connectivity index (χ1) is 13.9. The molecule has 1 unspecified atom stereocenters. The molecule has 29 heavy (non-hydrogen) atoms. The van der Waals surface area contributed by atoms with Crippen LogP contribution >= 0.6 is 15.9 Å². The molecule has 0 N–H and O–H groups in total. The maximum Gasteiger partial charge on any atom is 0.376 e. The van der Waals surface area contributed by atoms with Crippen molar-refractivity contribution >= 4 is 39.3 Å². The molecule has 9 heteroatoms. The lowest BCUT2D eigenvalue weighted by molar-refractivity contribution is -0.117. The van der Waals surface area contributed by atoms with Gasteiger partial charge in [0, 0.05) is 36.9 Å². The zero-order chi connectivity index (χ0) is 21.4. The number of aromatic nitrogens is 3. The van der Waals surface area contributed by atoms with Gasteiger partial charge in [0.2, 0.25) is 11.7 Å². The summed E-state index contributed by atoms with van der Waals surface area (Å²) >= 11 is 3.27. The van der Waals surface area contributed by atoms with Crippen LogP contribution in [0.2, 0.25) is 0 Å². The molecule has 8 nitrogen and oxygen atoms in total. The summed E-state index contributed by atoms with van der Waals surface area (Å²) in [6.45, 7) is 7.44. The minimum absolute atomic E-state index is 0.0185. The Labute approximate surface area is 179 Å². The largest absolute Gasteiger partial charge is 0.463 e. The summed E-state index contributed by atoms with van der Waals surface area (Å²) in [5, 5.41) is 0. The number of rotatable bonds is 1. The van der Waals surface area contributed by atoms with Gasteiger partial charge in [0.1, 0.15) is 0 Å². The van der Waals surface area contributed by atoms with Crippen LogP contribution in [0.15, 0.2) is 35.2 Å². The minimum atomic E-state index is -0.598. The number of ether oxygens (including phenoxy) is 1. The minimum Gasteiger partial charge on any atom is -0.463 e. The van der Waals surface area contributed by atoms with Crippen LogP contribution in [0.25, 0.3) is 0 Å². The van der Waals surface area contributed by atoms with Gasteiger partial charge in [0.15, 0.2) is 5.82 Å². The summed E-state index contributed by atoms with van der Waals surface area (Å²) in [4.78, 5) is 39.1. The van der Waals surface area contributed by atoms with Gasteiger partial charge in [0.25, 0.3) is 0 Å². The van der Waals surface area contributed by atoms with E-state index in [0.717, 1.165) is 29.7 Å². The molecule has 4 heterocycles. The molecule has 1 saturated heterocycles. The van der Waals surface area contributed by atoms with E-state index in [9.17, 15) is 9.59 Å². The molecule has 156 valence electrons. The van der Waals surface area contributed by atoms with Crippen molar-refractivity contribution in [3.63, 3.8) is 0 Å². The van der Waals surface area contributed by atoms with Gasteiger partial charge >= 0.3 is 5.97 Å². The molecule has 2 aromatic heterocycles. The molecule has 0 aromatic carbocycles. The Morgan fingerprint density at radius 3 is 2.45 bits per heavy atom. The molecule has 2 bridgehead atoms. The fourth-order valence-corrected chi connectivity index (χ4v) is 3.28. The van der Waals surface area contributed by atoms with Crippen LogP contribution in [0, 0.1) is 0 Å². The van der Waals surface area contributed by atoms with Crippen molar-refractivity contribution in [2.75, 3.05) is 30.0 Å². The first kappa shape index (κ1) is 22.7. The third-order valence-corrected chi connectivity index (χ3v) is 4.72. The Hall–Kier alpha value is -2.55. The number of nitrogens with zero attached hydrogens (tertiary/aromatic N) is 5. The van der Waals surface area contributed by atoms with E-state index in [4.69, 9.17) is 0 Å². The van der Waals surface area contributed by atoms with Crippen LogP contribution in [-0.4, -0.2) is 53.1 Å². The predicted molar refractivity (Wildman–Crippen MR) is 115 cm³/mol. The number of carbonyl (C=O) groups is 2. The molecule has 1 fully saturated rings. The topological polar surface area (TPSA) is 88.5 Å². The Kier molecular flexibility index (Phi) is 8.50. The van der Waals surface area contributed by atoms with Crippen molar-refractivity contribution in [1.82, 2.24) is 15.0 Å². The number of fused-ring (bicyclic) bond motifs is 4. The lowest BCUT2D eigenvalue weighted by Crippen LogP contribution is -2.45. The van der Waals surface area contributed by atoms with Crippen molar-refractivity contribution in [2.45, 2.75) is 39.7 Å². The van der Waals surface area contributed by atoms with Gasteiger partial charge in [0.05, 0.1) is 25.0 Å². The van der Waals surface area contributed by atoms with E-state index in [1.54, 1.807) is 23.5 Å². The van der Waals surface area contributed by atoms with Crippen molar-refractivity contribution in [3.05, 3.63) is 41.0 Å². The van der Waals surface area contributed by atoms with Crippen molar-refractivity contribution in [2.24, 2.45) is 0 Å². The molecule has 0 radical (unpaired) electrons. The van der Waals surface area contributed by atoms with E-state index in [1.165, 1.54) is 20.5 Å². The second kappa shape index (κ2) is 10.8. The molecule has 2 aromatic rings. The number of hydrogen-bond acceptors (Lipinski definition) is 7. The normalized spacial score (nSPS) is 16.0. The number of carbonyl (C=O) groups excluding carboxylic acids is 2. The molecule has 0 aliphatic carbocycles. The van der Waals surface area contributed by atoms with Crippen LogP contribution in [0.5, 0.6) is 0 Å². The highest BCUT2D eigenvalue weighted by Gasteiger charge is 2.39. The van der Waals surface area contributed by atoms with Crippen LogP contribution in [-0.2, 0) is 9.53 Å². The molecule has 4 rings (SSSR count). The van der Waals surface area contributed by atoms with Gasteiger partial charge in [-0.25, -0.2) is 14.8 Å². The Balaban J connectivity index is 0.000000250. The molecule has 2 aliphatic heterocycles. The third kappa shape index (κ3) is 5.72. The van der Waals surface area contributed by atoms with Gasteiger partial charge in [-0.05, 0) is 18.6 Å². The van der Waals surface area contributed by atoms with Gasteiger partial charge < -0.3 is 9.64 Å². The first-order valence-corrected chi connectivity index (χ1v) is 10.3. The van der Waals surface area contributed by atoms with Crippen LogP contribution < -0.4 is 9.80 Å². The second-order valence-corrected chi connectivity index (χ2v) is 7.46. The number of methoxy groups -OCH3 is 1. The number of halogens is 1. The van der Waals surface area contributed by atoms with Crippen LogP contribution in [0.3, 0.4) is 0 Å². The summed E-state index contributed by atoms with van der Waals surface area (Å²) in [6, 6.07) is 3.91. The lowest BCUT2D eigenvalue weighted by atomic mass is 10.2. The second-order valence-electron chi connectivity index (χ2n) is 6.54. The SMILES string of the molecule is Brc1ccncc1.CCC.COC(=O)c1ncc2c(n1)N(C(C)=O)C1CCN2C1. The number of hydrogen-bond donors (Lipinski definition) is 0. The number of pyridine rings is 1. The Morgan fingerprint density at radius 1 is 1.28 bits per heavy atom. The van der Waals surface area contributed by atoms with E-state index in [1.807, 2.05) is 12.1 Å². The summed E-state index contributed by atoms with van der Waals surface area (Å²) in [7, 11) is 1.28. The molecular weight excluding hydrogens is 438 g/mol. The van der Waals surface area contributed by atoms with Gasteiger partial charge in [-0.1, -0.05) is 36.2 Å². The fourth-order valence-electron chi connectivity index (χ4n) is 3.04. The van der Waals surface area contributed by atoms with Crippen molar-refractivity contribution in [3.8, 4) is 0 Å². The molecular formula is C20H26BrN5O3. The van der Waals surface area contributed by atoms with E-state index < -0.39 is 5.97 Å². The summed E-state index contributed by atoms with van der Waals surface area (Å²) in [5.41, 5.74) is 0.802. The lowest BCUT2D eigenvalue weighted by Gasteiger charge is -2.34. The van der Waals surface area contributed by atoms with Gasteiger partial charge in [-0.3, -0.25) is 14.7 Å². The molecule has 0 saturated carbocycles. The quantitative estimate of drug-likeness (QED) is 0.598. The summed E-state index contributed by atoms with van der Waals surface area (Å²) in [6.07, 6.45) is 7.23. The molecule has 2 aliphatic rings. The van der Waals surface area contributed by atoms with Crippen LogP contribution in [0.1, 0.15) is 44.2 Å². The summed E-state index contributed by atoms with van der Waals surface area (Å²) in [5.74, 6) is -0.173. The highest BCUT2D eigenvalue weighted by Crippen LogP contribution is 2.38. The average Bonchev–Trinajstić information content (AvgIpc) is 3.12. The van der Waals surface area contributed by atoms with E-state index in [2.05, 4.69) is 54.4 Å². The Morgan fingerprint density at radius 2 is 1.93 bits per heavy atom. The smallest absolute Gasteiger partial charge is 0.376 e. The van der Waals surface area contributed by atoms with Crippen LogP contribution in [0.4, 0.5) is 11.5 Å². The Bertz CT molecular complexity index is 834. The molecule has 1 amide bonds. The standard InChI is InChI=1S/C12H14N4O3.C5H4BrN.C3H8/c1-7(17)16-8-3-4-15(6-8)9-5-13-10(12(18)19-2)14-11(9)16;6-5-1-3-7-4-2-5;1-3-2/h5,8H,3-4,6H2,1-2H3;1-4H;3H2,1-2H3. The van der Waals surface area contributed by atoms with Crippen molar-refractivity contribution < 1.29 is 14.3 Å². The number of anilines is 2. The maximum absolute atomic E-state index is 11.8. The predicted octanol–water partition coefficient (Wildman–Crippen LogP) is 3.47. The van der Waals surface area contributed by atoms with E-state index >= 15 is 0 Å².